The van der Waals surface area contributed by atoms with Crippen LogP contribution in [0.15, 0.2) is 47.4 Å². The molecule has 0 saturated carbocycles. The molecule has 0 aliphatic rings. The molecule has 0 atom stereocenters. The number of sulfonamides is 1. The Morgan fingerprint density at radius 2 is 1.83 bits per heavy atom. The Morgan fingerprint density at radius 3 is 2.50 bits per heavy atom. The minimum Gasteiger partial charge on any atom is -0.406 e. The van der Waals surface area contributed by atoms with E-state index in [0.29, 0.717) is 5.56 Å². The van der Waals surface area contributed by atoms with Crippen LogP contribution < -0.4 is 9.46 Å². The van der Waals surface area contributed by atoms with Crippen LogP contribution in [0, 0.1) is 12.7 Å². The molecule has 0 spiro atoms. The van der Waals surface area contributed by atoms with Crippen molar-refractivity contribution in [1.82, 2.24) is 4.72 Å². The first kappa shape index (κ1) is 18.2. The topological polar surface area (TPSA) is 55.4 Å². The van der Waals surface area contributed by atoms with Crippen molar-refractivity contribution in [1.29, 1.82) is 0 Å². The maximum Gasteiger partial charge on any atom is 0.573 e. The van der Waals surface area contributed by atoms with Crippen LogP contribution in [-0.4, -0.2) is 14.8 Å². The van der Waals surface area contributed by atoms with Gasteiger partial charge in [-0.1, -0.05) is 18.2 Å². The third-order valence-corrected chi connectivity index (χ3v) is 4.58. The van der Waals surface area contributed by atoms with Gasteiger partial charge in [0.2, 0.25) is 10.0 Å². The van der Waals surface area contributed by atoms with Gasteiger partial charge in [0.25, 0.3) is 0 Å². The van der Waals surface area contributed by atoms with Crippen LogP contribution in [0.25, 0.3) is 0 Å². The quantitative estimate of drug-likeness (QED) is 0.827. The fourth-order valence-corrected chi connectivity index (χ4v) is 3.24. The zero-order valence-corrected chi connectivity index (χ0v) is 13.2. The van der Waals surface area contributed by atoms with Crippen molar-refractivity contribution in [3.05, 3.63) is 59.4 Å². The van der Waals surface area contributed by atoms with Gasteiger partial charge < -0.3 is 4.74 Å². The first-order valence-electron chi connectivity index (χ1n) is 6.67. The van der Waals surface area contributed by atoms with Gasteiger partial charge in [-0.05, 0) is 42.3 Å². The molecule has 2 aromatic rings. The summed E-state index contributed by atoms with van der Waals surface area (Å²) < 4.78 is 80.2. The molecule has 2 aromatic carbocycles. The summed E-state index contributed by atoms with van der Waals surface area (Å²) in [6.45, 7) is 1.24. The molecule has 0 bridgehead atoms. The van der Waals surface area contributed by atoms with Gasteiger partial charge in [-0.15, -0.1) is 13.2 Å². The molecule has 0 heterocycles. The summed E-state index contributed by atoms with van der Waals surface area (Å²) in [4.78, 5) is -0.231. The van der Waals surface area contributed by atoms with Crippen LogP contribution in [0.1, 0.15) is 11.1 Å². The standard InChI is InChI=1S/C15H13F4NO3S/c1-10-5-6-12(16)8-14(10)24(21,22)20-9-11-3-2-4-13(7-11)23-15(17,18)19/h2-8,20H,9H2,1H3. The number of rotatable bonds is 5. The largest absolute Gasteiger partial charge is 0.573 e. The Bertz CT molecular complexity index is 835. The van der Waals surface area contributed by atoms with Crippen molar-refractivity contribution in [2.24, 2.45) is 0 Å². The number of benzene rings is 2. The second-order valence-corrected chi connectivity index (χ2v) is 6.66. The van der Waals surface area contributed by atoms with E-state index in [1.807, 2.05) is 0 Å². The second-order valence-electron chi connectivity index (χ2n) is 4.93. The van der Waals surface area contributed by atoms with Gasteiger partial charge in [0.05, 0.1) is 4.90 Å². The Labute approximate surface area is 136 Å². The van der Waals surface area contributed by atoms with Crippen molar-refractivity contribution in [3.8, 4) is 5.75 Å². The number of hydrogen-bond acceptors (Lipinski definition) is 3. The zero-order valence-electron chi connectivity index (χ0n) is 12.4. The molecule has 0 aliphatic heterocycles. The third-order valence-electron chi connectivity index (χ3n) is 3.04. The maximum absolute atomic E-state index is 13.2. The lowest BCUT2D eigenvalue weighted by molar-refractivity contribution is -0.274. The average Bonchev–Trinajstić information content (AvgIpc) is 2.46. The molecule has 2 rings (SSSR count). The predicted octanol–water partition coefficient (Wildman–Crippen LogP) is 3.51. The van der Waals surface area contributed by atoms with E-state index in [-0.39, 0.29) is 17.0 Å². The van der Waals surface area contributed by atoms with Crippen LogP contribution in [-0.2, 0) is 16.6 Å². The Morgan fingerprint density at radius 1 is 1.12 bits per heavy atom. The molecule has 0 fully saturated rings. The smallest absolute Gasteiger partial charge is 0.406 e. The minimum absolute atomic E-state index is 0.231. The van der Waals surface area contributed by atoms with Gasteiger partial charge in [0.15, 0.2) is 0 Å². The molecule has 4 nitrogen and oxygen atoms in total. The summed E-state index contributed by atoms with van der Waals surface area (Å²) in [5.41, 5.74) is 0.604. The minimum atomic E-state index is -4.84. The fourth-order valence-electron chi connectivity index (χ4n) is 1.97. The highest BCUT2D eigenvalue weighted by atomic mass is 32.2. The number of alkyl halides is 3. The van der Waals surface area contributed by atoms with Crippen LogP contribution in [0.4, 0.5) is 17.6 Å². The van der Waals surface area contributed by atoms with E-state index in [1.165, 1.54) is 25.1 Å². The first-order chi connectivity index (χ1) is 11.1. The van der Waals surface area contributed by atoms with Crippen LogP contribution in [0.5, 0.6) is 5.75 Å². The summed E-state index contributed by atoms with van der Waals surface area (Å²) in [6.07, 6.45) is -4.84. The molecular weight excluding hydrogens is 350 g/mol. The number of hydrogen-bond donors (Lipinski definition) is 1. The second kappa shape index (κ2) is 6.78. The number of nitrogens with one attached hydrogen (secondary N) is 1. The molecule has 0 saturated heterocycles. The average molecular weight is 363 g/mol. The zero-order chi connectivity index (χ0) is 18.0. The lowest BCUT2D eigenvalue weighted by atomic mass is 10.2. The van der Waals surface area contributed by atoms with Crippen LogP contribution in [0.2, 0.25) is 0 Å². The highest BCUT2D eigenvalue weighted by Gasteiger charge is 2.31. The molecule has 24 heavy (non-hydrogen) atoms. The summed E-state index contributed by atoms with van der Waals surface area (Å²) in [5, 5.41) is 0. The maximum atomic E-state index is 13.2. The Hall–Kier alpha value is -2.13. The van der Waals surface area contributed by atoms with Crippen molar-refractivity contribution in [2.45, 2.75) is 24.7 Å². The highest BCUT2D eigenvalue weighted by molar-refractivity contribution is 7.89. The summed E-state index contributed by atoms with van der Waals surface area (Å²) >= 11 is 0. The number of halogens is 4. The van der Waals surface area contributed by atoms with E-state index < -0.39 is 28.0 Å². The number of ether oxygens (including phenoxy) is 1. The van der Waals surface area contributed by atoms with E-state index in [0.717, 1.165) is 24.3 Å². The van der Waals surface area contributed by atoms with E-state index in [2.05, 4.69) is 9.46 Å². The van der Waals surface area contributed by atoms with Gasteiger partial charge in [0, 0.05) is 6.54 Å². The van der Waals surface area contributed by atoms with Gasteiger partial charge in [-0.25, -0.2) is 17.5 Å². The highest BCUT2D eigenvalue weighted by Crippen LogP contribution is 2.23. The van der Waals surface area contributed by atoms with Crippen molar-refractivity contribution in [2.75, 3.05) is 0 Å². The summed E-state index contributed by atoms with van der Waals surface area (Å²) in [6, 6.07) is 8.23. The monoisotopic (exact) mass is 363 g/mol. The normalized spacial score (nSPS) is 12.2. The van der Waals surface area contributed by atoms with Gasteiger partial charge in [-0.3, -0.25) is 0 Å². The molecular formula is C15H13F4NO3S. The molecule has 0 aliphatic carbocycles. The van der Waals surface area contributed by atoms with Crippen molar-refractivity contribution >= 4 is 10.0 Å². The third kappa shape index (κ3) is 4.93. The van der Waals surface area contributed by atoms with E-state index >= 15 is 0 Å². The lowest BCUT2D eigenvalue weighted by Gasteiger charge is -2.12. The van der Waals surface area contributed by atoms with Crippen molar-refractivity contribution < 1.29 is 30.7 Å². The molecule has 0 amide bonds. The molecule has 1 N–H and O–H groups in total. The SMILES string of the molecule is Cc1ccc(F)cc1S(=O)(=O)NCc1cccc(OC(F)(F)F)c1. The van der Waals surface area contributed by atoms with Crippen molar-refractivity contribution in [3.63, 3.8) is 0 Å². The van der Waals surface area contributed by atoms with Gasteiger partial charge >= 0.3 is 6.36 Å². The van der Waals surface area contributed by atoms with Crippen LogP contribution >= 0.6 is 0 Å². The van der Waals surface area contributed by atoms with E-state index in [9.17, 15) is 26.0 Å². The van der Waals surface area contributed by atoms with Gasteiger partial charge in [-0.2, -0.15) is 0 Å². The van der Waals surface area contributed by atoms with E-state index in [4.69, 9.17) is 0 Å². The fraction of sp³-hybridized carbons (Fsp3) is 0.200. The molecule has 9 heteroatoms. The molecule has 0 unspecified atom stereocenters. The molecule has 0 radical (unpaired) electrons. The Kier molecular flexibility index (Phi) is 5.14. The Balaban J connectivity index is 2.15. The number of aryl methyl sites for hydroxylation is 1. The first-order valence-corrected chi connectivity index (χ1v) is 8.16. The molecule has 0 aromatic heterocycles. The van der Waals surface area contributed by atoms with Gasteiger partial charge in [0.1, 0.15) is 11.6 Å². The summed E-state index contributed by atoms with van der Waals surface area (Å²) in [5.74, 6) is -1.16. The van der Waals surface area contributed by atoms with E-state index in [1.54, 1.807) is 0 Å². The predicted molar refractivity (Wildman–Crippen MR) is 78.3 cm³/mol. The molecule has 130 valence electrons. The van der Waals surface area contributed by atoms with Crippen LogP contribution in [0.3, 0.4) is 0 Å². The lowest BCUT2D eigenvalue weighted by Crippen LogP contribution is -2.24. The summed E-state index contributed by atoms with van der Waals surface area (Å²) in [7, 11) is -4.01.